The molecule has 0 saturated carbocycles. The lowest BCUT2D eigenvalue weighted by Gasteiger charge is -2.11. The Morgan fingerprint density at radius 3 is 2.42 bits per heavy atom. The lowest BCUT2D eigenvalue weighted by atomic mass is 10.2. The number of hydrazone groups is 1. The van der Waals surface area contributed by atoms with Crippen LogP contribution < -0.4 is 10.3 Å². The second-order valence-electron chi connectivity index (χ2n) is 5.50. The summed E-state index contributed by atoms with van der Waals surface area (Å²) in [6, 6.07) is 9.79. The molecule has 1 aromatic heterocycles. The first-order valence-corrected chi connectivity index (χ1v) is 8.47. The van der Waals surface area contributed by atoms with Crippen molar-refractivity contribution in [3.63, 3.8) is 0 Å². The highest BCUT2D eigenvalue weighted by Crippen LogP contribution is 2.13. The Morgan fingerprint density at radius 1 is 1.21 bits per heavy atom. The van der Waals surface area contributed by atoms with E-state index in [9.17, 15) is 4.79 Å². The van der Waals surface area contributed by atoms with Crippen LogP contribution in [-0.4, -0.2) is 41.9 Å². The third kappa shape index (κ3) is 5.66. The Hall–Kier alpha value is -2.41. The minimum Gasteiger partial charge on any atom is -0.378 e. The number of anilines is 1. The Labute approximate surface area is 146 Å². The molecule has 0 saturated heterocycles. The summed E-state index contributed by atoms with van der Waals surface area (Å²) in [6.07, 6.45) is 1.62. The monoisotopic (exact) mass is 343 g/mol. The van der Waals surface area contributed by atoms with Gasteiger partial charge in [0.25, 0.3) is 5.91 Å². The van der Waals surface area contributed by atoms with Crippen molar-refractivity contribution in [3.8, 4) is 0 Å². The van der Waals surface area contributed by atoms with Gasteiger partial charge >= 0.3 is 0 Å². The van der Waals surface area contributed by atoms with Crippen LogP contribution in [0.3, 0.4) is 0 Å². The van der Waals surface area contributed by atoms with Crippen LogP contribution in [0.15, 0.2) is 40.6 Å². The number of aryl methyl sites for hydroxylation is 2. The summed E-state index contributed by atoms with van der Waals surface area (Å²) in [6.45, 7) is 3.81. The van der Waals surface area contributed by atoms with Gasteiger partial charge in [0.05, 0.1) is 12.0 Å². The normalized spacial score (nSPS) is 10.8. The molecule has 0 bridgehead atoms. The molecule has 24 heavy (non-hydrogen) atoms. The Morgan fingerprint density at radius 2 is 1.83 bits per heavy atom. The van der Waals surface area contributed by atoms with Crippen LogP contribution in [0.2, 0.25) is 0 Å². The Kier molecular flexibility index (Phi) is 6.31. The van der Waals surface area contributed by atoms with E-state index in [1.165, 1.54) is 11.8 Å². The summed E-state index contributed by atoms with van der Waals surface area (Å²) in [5, 5.41) is 4.57. The van der Waals surface area contributed by atoms with E-state index < -0.39 is 0 Å². The van der Waals surface area contributed by atoms with E-state index in [-0.39, 0.29) is 11.7 Å². The third-order valence-corrected chi connectivity index (χ3v) is 3.95. The largest absolute Gasteiger partial charge is 0.378 e. The van der Waals surface area contributed by atoms with Crippen molar-refractivity contribution in [2.75, 3.05) is 24.7 Å². The predicted octanol–water partition coefficient (Wildman–Crippen LogP) is 2.40. The number of rotatable bonds is 6. The number of nitrogens with zero attached hydrogens (tertiary/aromatic N) is 4. The van der Waals surface area contributed by atoms with Crippen LogP contribution in [0, 0.1) is 13.8 Å². The zero-order valence-electron chi connectivity index (χ0n) is 14.3. The molecule has 1 N–H and O–H groups in total. The molecule has 0 aliphatic carbocycles. The minimum absolute atomic E-state index is 0.191. The molecule has 0 aliphatic rings. The molecule has 7 heteroatoms. The van der Waals surface area contributed by atoms with E-state index in [1.54, 1.807) is 6.21 Å². The van der Waals surface area contributed by atoms with Crippen molar-refractivity contribution in [1.82, 2.24) is 15.4 Å². The van der Waals surface area contributed by atoms with E-state index in [0.717, 1.165) is 22.6 Å². The fourth-order valence-electron chi connectivity index (χ4n) is 1.96. The first-order chi connectivity index (χ1) is 11.4. The van der Waals surface area contributed by atoms with E-state index in [1.807, 2.05) is 63.2 Å². The van der Waals surface area contributed by atoms with E-state index in [4.69, 9.17) is 0 Å². The van der Waals surface area contributed by atoms with Gasteiger partial charge in [-0.05, 0) is 37.6 Å². The number of amides is 1. The van der Waals surface area contributed by atoms with Gasteiger partial charge in [0, 0.05) is 31.2 Å². The first kappa shape index (κ1) is 17.9. The van der Waals surface area contributed by atoms with Crippen LogP contribution in [0.5, 0.6) is 0 Å². The average molecular weight is 343 g/mol. The van der Waals surface area contributed by atoms with Crippen molar-refractivity contribution in [2.45, 2.75) is 19.0 Å². The number of carbonyl (C=O) groups excluding carboxylic acids is 1. The maximum atomic E-state index is 11.8. The van der Waals surface area contributed by atoms with Gasteiger partial charge in [-0.15, -0.1) is 0 Å². The van der Waals surface area contributed by atoms with Gasteiger partial charge in [-0.1, -0.05) is 23.9 Å². The summed E-state index contributed by atoms with van der Waals surface area (Å²) >= 11 is 1.29. The number of aromatic nitrogens is 2. The molecule has 2 rings (SSSR count). The standard InChI is InChI=1S/C17H21N5OS/c1-12-9-13(2)20-17(19-12)24-11-16(23)21-18-10-14-5-7-15(8-6-14)22(3)4/h5-10H,11H2,1-4H3,(H,21,23)/b18-10-. The molecule has 126 valence electrons. The average Bonchev–Trinajstić information content (AvgIpc) is 2.52. The van der Waals surface area contributed by atoms with Gasteiger partial charge < -0.3 is 4.90 Å². The lowest BCUT2D eigenvalue weighted by molar-refractivity contribution is -0.118. The van der Waals surface area contributed by atoms with Gasteiger partial charge in [-0.3, -0.25) is 4.79 Å². The summed E-state index contributed by atoms with van der Waals surface area (Å²) in [5.41, 5.74) is 6.33. The molecule has 1 amide bonds. The number of hydrogen-bond acceptors (Lipinski definition) is 6. The number of hydrogen-bond donors (Lipinski definition) is 1. The Balaban J connectivity index is 1.82. The van der Waals surface area contributed by atoms with Gasteiger partial charge in [0.1, 0.15) is 0 Å². The molecular formula is C17H21N5OS. The molecule has 6 nitrogen and oxygen atoms in total. The number of carbonyl (C=O) groups is 1. The fourth-order valence-corrected chi connectivity index (χ4v) is 2.70. The summed E-state index contributed by atoms with van der Waals surface area (Å²) in [5.74, 6) is 0.0312. The van der Waals surface area contributed by atoms with Gasteiger partial charge in [0.2, 0.25) is 0 Å². The van der Waals surface area contributed by atoms with Crippen molar-refractivity contribution >= 4 is 29.6 Å². The molecule has 2 aromatic rings. The van der Waals surface area contributed by atoms with E-state index >= 15 is 0 Å². The second-order valence-corrected chi connectivity index (χ2v) is 6.44. The number of benzene rings is 1. The van der Waals surface area contributed by atoms with E-state index in [0.29, 0.717) is 5.16 Å². The summed E-state index contributed by atoms with van der Waals surface area (Å²) < 4.78 is 0. The smallest absolute Gasteiger partial charge is 0.250 e. The zero-order chi connectivity index (χ0) is 17.5. The van der Waals surface area contributed by atoms with Crippen LogP contribution in [0.25, 0.3) is 0 Å². The van der Waals surface area contributed by atoms with Crippen LogP contribution in [-0.2, 0) is 4.79 Å². The van der Waals surface area contributed by atoms with Crippen molar-refractivity contribution < 1.29 is 4.79 Å². The Bertz CT molecular complexity index is 708. The molecule has 1 heterocycles. The lowest BCUT2D eigenvalue weighted by Crippen LogP contribution is -2.19. The highest BCUT2D eigenvalue weighted by molar-refractivity contribution is 7.99. The maximum absolute atomic E-state index is 11.8. The minimum atomic E-state index is -0.191. The van der Waals surface area contributed by atoms with Crippen molar-refractivity contribution in [2.24, 2.45) is 5.10 Å². The fraction of sp³-hybridized carbons (Fsp3) is 0.294. The number of nitrogens with one attached hydrogen (secondary N) is 1. The predicted molar refractivity (Wildman–Crippen MR) is 98.7 cm³/mol. The first-order valence-electron chi connectivity index (χ1n) is 7.48. The molecule has 0 atom stereocenters. The van der Waals surface area contributed by atoms with Crippen LogP contribution in [0.4, 0.5) is 5.69 Å². The molecule has 0 spiro atoms. The van der Waals surface area contributed by atoms with Crippen molar-refractivity contribution in [3.05, 3.63) is 47.3 Å². The highest BCUT2D eigenvalue weighted by Gasteiger charge is 2.05. The maximum Gasteiger partial charge on any atom is 0.250 e. The molecule has 0 aliphatic heterocycles. The van der Waals surface area contributed by atoms with E-state index in [2.05, 4.69) is 20.5 Å². The SMILES string of the molecule is Cc1cc(C)nc(SCC(=O)N/N=C\c2ccc(N(C)C)cc2)n1. The third-order valence-electron chi connectivity index (χ3n) is 3.11. The quantitative estimate of drug-likeness (QED) is 0.377. The highest BCUT2D eigenvalue weighted by atomic mass is 32.2. The van der Waals surface area contributed by atoms with Gasteiger partial charge in [0.15, 0.2) is 5.16 Å². The molecule has 0 radical (unpaired) electrons. The molecular weight excluding hydrogens is 322 g/mol. The van der Waals surface area contributed by atoms with Gasteiger partial charge in [-0.2, -0.15) is 5.10 Å². The van der Waals surface area contributed by atoms with Crippen LogP contribution in [0.1, 0.15) is 17.0 Å². The summed E-state index contributed by atoms with van der Waals surface area (Å²) in [4.78, 5) is 22.4. The second kappa shape index (κ2) is 8.44. The number of thioether (sulfide) groups is 1. The molecule has 0 fully saturated rings. The van der Waals surface area contributed by atoms with Crippen LogP contribution >= 0.6 is 11.8 Å². The van der Waals surface area contributed by atoms with Gasteiger partial charge in [-0.25, -0.2) is 15.4 Å². The van der Waals surface area contributed by atoms with Crippen molar-refractivity contribution in [1.29, 1.82) is 0 Å². The molecule has 1 aromatic carbocycles. The molecule has 0 unspecified atom stereocenters. The zero-order valence-corrected chi connectivity index (χ0v) is 15.1. The summed E-state index contributed by atoms with van der Waals surface area (Å²) in [7, 11) is 3.97. The topological polar surface area (TPSA) is 70.5 Å².